The van der Waals surface area contributed by atoms with Gasteiger partial charge in [-0.3, -0.25) is 0 Å². The maximum atomic E-state index is 11.9. The average Bonchev–Trinajstić information content (AvgIpc) is 1.86. The Labute approximate surface area is 74.6 Å². The first-order chi connectivity index (χ1) is 5.00. The molecular weight excluding hydrogens is 195 g/mol. The minimum absolute atomic E-state index is 0. The van der Waals surface area contributed by atoms with E-state index in [-0.39, 0.29) is 25.4 Å². The Morgan fingerprint density at radius 2 is 1.92 bits per heavy atom. The van der Waals surface area contributed by atoms with Crippen molar-refractivity contribution in [3.63, 3.8) is 0 Å². The predicted octanol–water partition coefficient (Wildman–Crippen LogP) is 1.08. The third kappa shape index (κ3) is 3.16. The van der Waals surface area contributed by atoms with E-state index in [1.165, 1.54) is 0 Å². The Balaban J connectivity index is 0.00000121. The second-order valence-corrected chi connectivity index (χ2v) is 2.73. The van der Waals surface area contributed by atoms with Gasteiger partial charge in [-0.2, -0.15) is 13.2 Å². The normalized spacial score (nSPS) is 31.0. The first-order valence-corrected chi connectivity index (χ1v) is 3.48. The van der Waals surface area contributed by atoms with Gasteiger partial charge in [-0.15, -0.1) is 12.4 Å². The zero-order valence-electron chi connectivity index (χ0n) is 6.27. The van der Waals surface area contributed by atoms with E-state index in [1.807, 2.05) is 0 Å². The van der Waals surface area contributed by atoms with Crippen molar-refractivity contribution in [3.05, 3.63) is 0 Å². The van der Waals surface area contributed by atoms with E-state index in [4.69, 9.17) is 5.11 Å². The van der Waals surface area contributed by atoms with Crippen LogP contribution in [0.3, 0.4) is 0 Å². The molecule has 0 radical (unpaired) electrons. The van der Waals surface area contributed by atoms with Crippen LogP contribution >= 0.6 is 12.4 Å². The second kappa shape index (κ2) is 4.30. The number of hydrogen-bond donors (Lipinski definition) is 2. The largest absolute Gasteiger partial charge is 0.403 e. The van der Waals surface area contributed by atoms with Crippen LogP contribution in [0.2, 0.25) is 0 Å². The van der Waals surface area contributed by atoms with Crippen LogP contribution in [0.4, 0.5) is 13.2 Å². The molecule has 0 amide bonds. The highest BCUT2D eigenvalue weighted by molar-refractivity contribution is 5.85. The Morgan fingerprint density at radius 1 is 1.33 bits per heavy atom. The summed E-state index contributed by atoms with van der Waals surface area (Å²) < 4.78 is 35.8. The monoisotopic (exact) mass is 205 g/mol. The van der Waals surface area contributed by atoms with Crippen molar-refractivity contribution in [3.8, 4) is 0 Å². The highest BCUT2D eigenvalue weighted by Gasteiger charge is 2.41. The second-order valence-electron chi connectivity index (χ2n) is 2.73. The minimum atomic E-state index is -4.22. The fourth-order valence-electron chi connectivity index (χ4n) is 1.15. The van der Waals surface area contributed by atoms with Crippen LogP contribution in [-0.4, -0.2) is 30.0 Å². The van der Waals surface area contributed by atoms with E-state index in [9.17, 15) is 13.2 Å². The molecular formula is C6H11ClF3NO. The molecule has 2 nitrogen and oxygen atoms in total. The van der Waals surface area contributed by atoms with Gasteiger partial charge in [0.15, 0.2) is 0 Å². The zero-order chi connectivity index (χ0) is 8.48. The van der Waals surface area contributed by atoms with E-state index in [0.717, 1.165) is 0 Å². The van der Waals surface area contributed by atoms with Gasteiger partial charge in [-0.05, 0) is 19.4 Å². The molecule has 1 heterocycles. The number of aliphatic hydroxyl groups excluding tert-OH is 1. The fraction of sp³-hybridized carbons (Fsp3) is 1.00. The van der Waals surface area contributed by atoms with Gasteiger partial charge in [0.2, 0.25) is 0 Å². The van der Waals surface area contributed by atoms with Gasteiger partial charge < -0.3 is 10.4 Å². The molecule has 0 aliphatic carbocycles. The average molecular weight is 206 g/mol. The van der Waals surface area contributed by atoms with Crippen LogP contribution in [0.15, 0.2) is 0 Å². The van der Waals surface area contributed by atoms with Gasteiger partial charge in [0.25, 0.3) is 0 Å². The zero-order valence-corrected chi connectivity index (χ0v) is 7.08. The van der Waals surface area contributed by atoms with E-state index in [2.05, 4.69) is 5.32 Å². The molecule has 1 saturated heterocycles. The van der Waals surface area contributed by atoms with Crippen LogP contribution in [0.25, 0.3) is 0 Å². The predicted molar refractivity (Wildman–Crippen MR) is 40.3 cm³/mol. The number of piperidine rings is 1. The summed E-state index contributed by atoms with van der Waals surface area (Å²) >= 11 is 0. The molecule has 6 heteroatoms. The summed E-state index contributed by atoms with van der Waals surface area (Å²) in [5.41, 5.74) is 0. The number of hydrogen-bond acceptors (Lipinski definition) is 2. The van der Waals surface area contributed by atoms with E-state index < -0.39 is 18.3 Å². The van der Waals surface area contributed by atoms with Crippen LogP contribution in [-0.2, 0) is 0 Å². The molecule has 0 aromatic carbocycles. The van der Waals surface area contributed by atoms with Gasteiger partial charge in [-0.25, -0.2) is 0 Å². The van der Waals surface area contributed by atoms with Crippen LogP contribution in [0, 0.1) is 0 Å². The van der Waals surface area contributed by atoms with Crippen molar-refractivity contribution in [2.24, 2.45) is 0 Å². The third-order valence-electron chi connectivity index (χ3n) is 1.77. The summed E-state index contributed by atoms with van der Waals surface area (Å²) in [6.45, 7) is 0.241. The number of halogens is 4. The molecule has 1 aliphatic rings. The molecule has 0 unspecified atom stereocenters. The van der Waals surface area contributed by atoms with E-state index >= 15 is 0 Å². The number of rotatable bonds is 0. The highest BCUT2D eigenvalue weighted by Crippen LogP contribution is 2.25. The Bertz CT molecular complexity index is 141. The molecule has 0 spiro atoms. The molecule has 12 heavy (non-hydrogen) atoms. The number of nitrogens with one attached hydrogen (secondary N) is 1. The van der Waals surface area contributed by atoms with Gasteiger partial charge in [0, 0.05) is 0 Å². The highest BCUT2D eigenvalue weighted by atomic mass is 35.5. The van der Waals surface area contributed by atoms with Crippen molar-refractivity contribution in [2.45, 2.75) is 31.2 Å². The number of alkyl halides is 3. The molecule has 2 N–H and O–H groups in total. The fourth-order valence-corrected chi connectivity index (χ4v) is 1.15. The maximum Gasteiger partial charge on any atom is 0.403 e. The molecule has 0 saturated carbocycles. The quantitative estimate of drug-likeness (QED) is 0.621. The molecule has 0 aromatic heterocycles. The Hall–Kier alpha value is -0.0000000000000000555. The van der Waals surface area contributed by atoms with Gasteiger partial charge >= 0.3 is 6.18 Å². The standard InChI is InChI=1S/C6H10F3NO.ClH/c7-6(8,9)5-3-4(11)1-2-10-5;/h4-5,10-11H,1-3H2;1H/t4-,5+;/m1./s1. The Kier molecular flexibility index (Phi) is 4.30. The first-order valence-electron chi connectivity index (χ1n) is 3.48. The maximum absolute atomic E-state index is 11.9. The smallest absolute Gasteiger partial charge is 0.393 e. The van der Waals surface area contributed by atoms with Gasteiger partial charge in [0.1, 0.15) is 6.04 Å². The SMILES string of the molecule is Cl.O[C@@H]1CCN[C@H](C(F)(F)F)C1. The van der Waals surface area contributed by atoms with Crippen molar-refractivity contribution in [2.75, 3.05) is 6.54 Å². The molecule has 74 valence electrons. The molecule has 1 aliphatic heterocycles. The first kappa shape index (κ1) is 12.0. The summed E-state index contributed by atoms with van der Waals surface area (Å²) in [5.74, 6) is 0. The summed E-state index contributed by atoms with van der Waals surface area (Å²) in [6, 6.07) is -1.52. The molecule has 0 aromatic rings. The van der Waals surface area contributed by atoms with Crippen LogP contribution in [0.5, 0.6) is 0 Å². The van der Waals surface area contributed by atoms with E-state index in [0.29, 0.717) is 6.42 Å². The summed E-state index contributed by atoms with van der Waals surface area (Å²) in [5, 5.41) is 11.2. The summed E-state index contributed by atoms with van der Waals surface area (Å²) in [4.78, 5) is 0. The molecule has 2 atom stereocenters. The van der Waals surface area contributed by atoms with E-state index in [1.54, 1.807) is 0 Å². The minimum Gasteiger partial charge on any atom is -0.393 e. The third-order valence-corrected chi connectivity index (χ3v) is 1.77. The van der Waals surface area contributed by atoms with Gasteiger partial charge in [-0.1, -0.05) is 0 Å². The van der Waals surface area contributed by atoms with Gasteiger partial charge in [0.05, 0.1) is 6.10 Å². The summed E-state index contributed by atoms with van der Waals surface area (Å²) in [7, 11) is 0. The summed E-state index contributed by atoms with van der Waals surface area (Å²) in [6.07, 6.45) is -4.83. The van der Waals surface area contributed by atoms with Crippen LogP contribution in [0.1, 0.15) is 12.8 Å². The van der Waals surface area contributed by atoms with Crippen molar-refractivity contribution in [1.82, 2.24) is 5.32 Å². The van der Waals surface area contributed by atoms with Crippen LogP contribution < -0.4 is 5.32 Å². The molecule has 1 rings (SSSR count). The number of aliphatic hydroxyl groups is 1. The lowest BCUT2D eigenvalue weighted by atomic mass is 10.0. The lowest BCUT2D eigenvalue weighted by Gasteiger charge is -2.28. The Morgan fingerprint density at radius 3 is 2.25 bits per heavy atom. The topological polar surface area (TPSA) is 32.3 Å². The van der Waals surface area contributed by atoms with Crippen molar-refractivity contribution in [1.29, 1.82) is 0 Å². The lowest BCUT2D eigenvalue weighted by molar-refractivity contribution is -0.167. The molecule has 0 bridgehead atoms. The van der Waals surface area contributed by atoms with Crippen molar-refractivity contribution < 1.29 is 18.3 Å². The lowest BCUT2D eigenvalue weighted by Crippen LogP contribution is -2.49. The van der Waals surface area contributed by atoms with Crippen molar-refractivity contribution >= 4 is 12.4 Å². The molecule has 1 fully saturated rings.